The van der Waals surface area contributed by atoms with Gasteiger partial charge in [0.05, 0.1) is 6.33 Å². The molecule has 0 spiro atoms. The molecule has 1 amide bonds. The second-order valence-electron chi connectivity index (χ2n) is 6.74. The predicted molar refractivity (Wildman–Crippen MR) is 101 cm³/mol. The minimum atomic E-state index is -1.08. The van der Waals surface area contributed by atoms with Crippen LogP contribution in [0.2, 0.25) is 0 Å². The van der Waals surface area contributed by atoms with Crippen LogP contribution in [0.5, 0.6) is 0 Å². The SMILES string of the molecule is CC(=O)Nc1ncnc2c1ncn2[C@H]1O[C@@H](COC(C)=O)[C@H](OC(C)=O)[C@@H]1OC(C)=O. The number of anilines is 1. The summed E-state index contributed by atoms with van der Waals surface area (Å²) in [5.74, 6) is -1.99. The van der Waals surface area contributed by atoms with Crippen molar-refractivity contribution in [2.45, 2.75) is 52.2 Å². The molecule has 1 saturated heterocycles. The summed E-state index contributed by atoms with van der Waals surface area (Å²) in [6.45, 7) is 4.71. The molecule has 0 radical (unpaired) electrons. The molecule has 1 aliphatic rings. The lowest BCUT2D eigenvalue weighted by Gasteiger charge is -2.23. The number of nitrogens with one attached hydrogen (secondary N) is 1. The zero-order valence-corrected chi connectivity index (χ0v) is 17.2. The molecule has 0 aliphatic carbocycles. The molecule has 13 heteroatoms. The maximum Gasteiger partial charge on any atom is 0.303 e. The fourth-order valence-corrected chi connectivity index (χ4v) is 3.21. The molecule has 1 aliphatic heterocycles. The highest BCUT2D eigenvalue weighted by molar-refractivity contribution is 5.95. The van der Waals surface area contributed by atoms with Gasteiger partial charge in [0.15, 0.2) is 35.4 Å². The molecule has 0 bridgehead atoms. The van der Waals surface area contributed by atoms with Crippen molar-refractivity contribution in [1.82, 2.24) is 19.5 Å². The van der Waals surface area contributed by atoms with E-state index in [1.54, 1.807) is 0 Å². The van der Waals surface area contributed by atoms with E-state index < -0.39 is 42.4 Å². The molecule has 2 aromatic rings. The van der Waals surface area contributed by atoms with Crippen molar-refractivity contribution in [3.05, 3.63) is 12.7 Å². The van der Waals surface area contributed by atoms with Crippen molar-refractivity contribution in [1.29, 1.82) is 0 Å². The van der Waals surface area contributed by atoms with Crippen molar-refractivity contribution >= 4 is 40.8 Å². The van der Waals surface area contributed by atoms with Crippen LogP contribution < -0.4 is 5.32 Å². The first-order valence-corrected chi connectivity index (χ1v) is 9.25. The molecular formula is C18H21N5O8. The number of esters is 3. The van der Waals surface area contributed by atoms with Crippen LogP contribution >= 0.6 is 0 Å². The van der Waals surface area contributed by atoms with Gasteiger partial charge >= 0.3 is 17.9 Å². The largest absolute Gasteiger partial charge is 0.463 e. The Kier molecular flexibility index (Phi) is 6.44. The first-order valence-electron chi connectivity index (χ1n) is 9.25. The Morgan fingerprint density at radius 3 is 2.29 bits per heavy atom. The van der Waals surface area contributed by atoms with Crippen LogP contribution in [0, 0.1) is 0 Å². The first kappa shape index (κ1) is 22.1. The Morgan fingerprint density at radius 1 is 1.00 bits per heavy atom. The third kappa shape index (κ3) is 4.94. The van der Waals surface area contributed by atoms with E-state index in [1.807, 2.05) is 0 Å². The van der Waals surface area contributed by atoms with Gasteiger partial charge in [-0.1, -0.05) is 0 Å². The van der Waals surface area contributed by atoms with Gasteiger partial charge in [-0.25, -0.2) is 15.0 Å². The topological polar surface area (TPSA) is 161 Å². The third-order valence-electron chi connectivity index (χ3n) is 4.27. The van der Waals surface area contributed by atoms with E-state index in [4.69, 9.17) is 18.9 Å². The summed E-state index contributed by atoms with van der Waals surface area (Å²) in [5.41, 5.74) is 0.547. The number of aromatic nitrogens is 4. The predicted octanol–water partition coefficient (Wildman–Crippen LogP) is 0.109. The Morgan fingerprint density at radius 2 is 1.68 bits per heavy atom. The van der Waals surface area contributed by atoms with Crippen molar-refractivity contribution in [2.24, 2.45) is 0 Å². The number of hydrogen-bond acceptors (Lipinski definition) is 11. The molecule has 2 aromatic heterocycles. The van der Waals surface area contributed by atoms with Crippen LogP contribution in [0.15, 0.2) is 12.7 Å². The smallest absolute Gasteiger partial charge is 0.303 e. The van der Waals surface area contributed by atoms with Crippen LogP contribution in [0.1, 0.15) is 33.9 Å². The summed E-state index contributed by atoms with van der Waals surface area (Å²) in [4.78, 5) is 58.5. The zero-order valence-electron chi connectivity index (χ0n) is 17.2. The number of fused-ring (bicyclic) bond motifs is 1. The van der Waals surface area contributed by atoms with Gasteiger partial charge in [0, 0.05) is 27.7 Å². The molecule has 1 fully saturated rings. The van der Waals surface area contributed by atoms with E-state index in [9.17, 15) is 19.2 Å². The second kappa shape index (κ2) is 9.04. The maximum absolute atomic E-state index is 11.8. The van der Waals surface area contributed by atoms with Crippen LogP contribution in [0.3, 0.4) is 0 Å². The Labute approximate surface area is 176 Å². The Hall–Kier alpha value is -3.61. The number of rotatable bonds is 6. The van der Waals surface area contributed by atoms with Gasteiger partial charge in [-0.3, -0.25) is 23.7 Å². The maximum atomic E-state index is 11.8. The van der Waals surface area contributed by atoms with Gasteiger partial charge in [0.2, 0.25) is 5.91 Å². The van der Waals surface area contributed by atoms with Gasteiger partial charge in [-0.2, -0.15) is 0 Å². The normalized spacial score (nSPS) is 22.7. The second-order valence-corrected chi connectivity index (χ2v) is 6.74. The summed E-state index contributed by atoms with van der Waals surface area (Å²) in [6, 6.07) is 0. The molecule has 0 aromatic carbocycles. The standard InChI is InChI=1S/C18H21N5O8/c1-8(24)22-16-13-17(20-6-19-16)23(7-21-13)18-15(30-11(4)27)14(29-10(3)26)12(31-18)5-28-9(2)25/h6-7,12,14-15,18H,5H2,1-4H3,(H,19,20,22,24)/t12-,14-,15-,18-/m0/s1. The summed E-state index contributed by atoms with van der Waals surface area (Å²) in [6.07, 6.45) is -1.49. The number of hydrogen-bond donors (Lipinski definition) is 1. The van der Waals surface area contributed by atoms with Gasteiger partial charge in [0.1, 0.15) is 19.0 Å². The van der Waals surface area contributed by atoms with Gasteiger partial charge in [-0.15, -0.1) is 0 Å². The quantitative estimate of drug-likeness (QED) is 0.484. The van der Waals surface area contributed by atoms with E-state index in [2.05, 4.69) is 20.3 Å². The molecule has 13 nitrogen and oxygen atoms in total. The highest BCUT2D eigenvalue weighted by Gasteiger charge is 2.51. The highest BCUT2D eigenvalue weighted by Crippen LogP contribution is 2.36. The fraction of sp³-hybridized carbons (Fsp3) is 0.500. The number of imidazole rings is 1. The molecule has 0 unspecified atom stereocenters. The van der Waals surface area contributed by atoms with Gasteiger partial charge in [0.25, 0.3) is 0 Å². The lowest BCUT2D eigenvalue weighted by molar-refractivity contribution is -0.166. The van der Waals surface area contributed by atoms with Crippen molar-refractivity contribution < 1.29 is 38.1 Å². The Balaban J connectivity index is 2.02. The highest BCUT2D eigenvalue weighted by atomic mass is 16.7. The zero-order chi connectivity index (χ0) is 22.7. The minimum absolute atomic E-state index is 0.186. The summed E-state index contributed by atoms with van der Waals surface area (Å²) < 4.78 is 23.2. The van der Waals surface area contributed by atoms with Crippen LogP contribution in [0.25, 0.3) is 11.2 Å². The number of carbonyl (C=O) groups excluding carboxylic acids is 4. The van der Waals surface area contributed by atoms with Crippen LogP contribution in [-0.2, 0) is 38.1 Å². The van der Waals surface area contributed by atoms with E-state index >= 15 is 0 Å². The summed E-state index contributed by atoms with van der Waals surface area (Å²) in [7, 11) is 0. The van der Waals surface area contributed by atoms with Crippen molar-refractivity contribution in [2.75, 3.05) is 11.9 Å². The average molecular weight is 435 g/mol. The van der Waals surface area contributed by atoms with E-state index in [1.165, 1.54) is 44.9 Å². The number of carbonyl (C=O) groups is 4. The molecule has 1 N–H and O–H groups in total. The van der Waals surface area contributed by atoms with Crippen molar-refractivity contribution in [3.8, 4) is 0 Å². The lowest BCUT2D eigenvalue weighted by atomic mass is 10.1. The third-order valence-corrected chi connectivity index (χ3v) is 4.27. The van der Waals surface area contributed by atoms with Crippen molar-refractivity contribution in [3.63, 3.8) is 0 Å². The average Bonchev–Trinajstić information content (AvgIpc) is 3.22. The molecule has 3 rings (SSSR count). The van der Waals surface area contributed by atoms with Crippen LogP contribution in [-0.4, -0.2) is 68.3 Å². The van der Waals surface area contributed by atoms with Gasteiger partial charge < -0.3 is 24.3 Å². The van der Waals surface area contributed by atoms with Gasteiger partial charge in [-0.05, 0) is 0 Å². The monoisotopic (exact) mass is 435 g/mol. The molecule has 31 heavy (non-hydrogen) atoms. The molecule has 0 saturated carbocycles. The molecular weight excluding hydrogens is 414 g/mol. The Bertz CT molecular complexity index is 1020. The van der Waals surface area contributed by atoms with E-state index in [0.717, 1.165) is 0 Å². The minimum Gasteiger partial charge on any atom is -0.463 e. The van der Waals surface area contributed by atoms with Crippen LogP contribution in [0.4, 0.5) is 5.82 Å². The molecule has 3 heterocycles. The number of ether oxygens (including phenoxy) is 4. The molecule has 166 valence electrons. The fourth-order valence-electron chi connectivity index (χ4n) is 3.21. The summed E-state index contributed by atoms with van der Waals surface area (Å²) in [5, 5.41) is 2.55. The summed E-state index contributed by atoms with van der Waals surface area (Å²) >= 11 is 0. The lowest BCUT2D eigenvalue weighted by Crippen LogP contribution is -2.40. The molecule has 4 atom stereocenters. The van der Waals surface area contributed by atoms with E-state index in [0.29, 0.717) is 0 Å². The number of amides is 1. The van der Waals surface area contributed by atoms with E-state index in [-0.39, 0.29) is 29.5 Å². The first-order chi connectivity index (χ1) is 14.7. The number of nitrogens with zero attached hydrogens (tertiary/aromatic N) is 4.